The summed E-state index contributed by atoms with van der Waals surface area (Å²) in [5.74, 6) is 0.703. The number of rotatable bonds is 4. The fraction of sp³-hybridized carbons (Fsp3) is 0.571. The van der Waals surface area contributed by atoms with Crippen molar-refractivity contribution < 1.29 is 4.74 Å². The highest BCUT2D eigenvalue weighted by Crippen LogP contribution is 2.33. The zero-order valence-corrected chi connectivity index (χ0v) is 16.5. The molecule has 2 heterocycles. The zero-order valence-electron chi connectivity index (χ0n) is 16.5. The van der Waals surface area contributed by atoms with E-state index < -0.39 is 0 Å². The molecule has 0 spiro atoms. The van der Waals surface area contributed by atoms with E-state index in [0.717, 1.165) is 17.3 Å². The van der Waals surface area contributed by atoms with Crippen LogP contribution in [0.15, 0.2) is 30.5 Å². The van der Waals surface area contributed by atoms with Crippen LogP contribution in [0.1, 0.15) is 31.7 Å². The normalized spacial score (nSPS) is 24.8. The van der Waals surface area contributed by atoms with Crippen LogP contribution >= 0.6 is 0 Å². The number of likely N-dealkylation sites (N-methyl/N-ethyl adjacent to an activating group) is 1. The average molecular weight is 370 g/mol. The van der Waals surface area contributed by atoms with Crippen LogP contribution in [0.5, 0.6) is 5.75 Å². The predicted molar refractivity (Wildman–Crippen MR) is 109 cm³/mol. The van der Waals surface area contributed by atoms with Crippen LogP contribution in [0, 0.1) is 0 Å². The second kappa shape index (κ2) is 7.90. The molecular formula is C21H31N5O. The minimum atomic E-state index is 0.512. The van der Waals surface area contributed by atoms with Gasteiger partial charge in [-0.05, 0) is 50.9 Å². The van der Waals surface area contributed by atoms with Gasteiger partial charge >= 0.3 is 0 Å². The molecule has 6 nitrogen and oxygen atoms in total. The van der Waals surface area contributed by atoms with Gasteiger partial charge in [-0.1, -0.05) is 6.07 Å². The van der Waals surface area contributed by atoms with Gasteiger partial charge in [0.25, 0.3) is 0 Å². The van der Waals surface area contributed by atoms with Gasteiger partial charge in [0.1, 0.15) is 5.75 Å². The van der Waals surface area contributed by atoms with Crippen molar-refractivity contribution in [2.45, 2.75) is 37.8 Å². The van der Waals surface area contributed by atoms with E-state index in [0.29, 0.717) is 17.5 Å². The molecule has 0 amide bonds. The van der Waals surface area contributed by atoms with Crippen molar-refractivity contribution in [3.63, 3.8) is 0 Å². The van der Waals surface area contributed by atoms with E-state index in [4.69, 9.17) is 15.6 Å². The maximum absolute atomic E-state index is 5.92. The van der Waals surface area contributed by atoms with E-state index in [-0.39, 0.29) is 0 Å². The minimum absolute atomic E-state index is 0.512. The largest absolute Gasteiger partial charge is 0.495 e. The summed E-state index contributed by atoms with van der Waals surface area (Å²) < 4.78 is 7.50. The highest BCUT2D eigenvalue weighted by molar-refractivity contribution is 5.67. The van der Waals surface area contributed by atoms with Crippen molar-refractivity contribution in [3.8, 4) is 17.0 Å². The van der Waals surface area contributed by atoms with Gasteiger partial charge in [-0.15, -0.1) is 0 Å². The Labute approximate surface area is 161 Å². The lowest BCUT2D eigenvalue weighted by atomic mass is 9.90. The van der Waals surface area contributed by atoms with Crippen molar-refractivity contribution in [3.05, 3.63) is 30.5 Å². The molecule has 0 unspecified atom stereocenters. The predicted octanol–water partition coefficient (Wildman–Crippen LogP) is 2.87. The number of nitrogens with zero attached hydrogens (tertiary/aromatic N) is 4. The molecule has 2 N–H and O–H groups in total. The smallest absolute Gasteiger partial charge is 0.142 e. The molecule has 2 fully saturated rings. The van der Waals surface area contributed by atoms with E-state index in [1.807, 2.05) is 18.2 Å². The van der Waals surface area contributed by atoms with Gasteiger partial charge in [0, 0.05) is 44.0 Å². The van der Waals surface area contributed by atoms with E-state index >= 15 is 0 Å². The van der Waals surface area contributed by atoms with E-state index in [1.54, 1.807) is 7.11 Å². The number of aromatic nitrogens is 2. The molecule has 1 aliphatic heterocycles. The molecule has 27 heavy (non-hydrogen) atoms. The summed E-state index contributed by atoms with van der Waals surface area (Å²) in [6.07, 6.45) is 7.10. The third-order valence-corrected chi connectivity index (χ3v) is 6.23. The summed E-state index contributed by atoms with van der Waals surface area (Å²) >= 11 is 0. The third-order valence-electron chi connectivity index (χ3n) is 6.23. The molecule has 4 rings (SSSR count). The third kappa shape index (κ3) is 3.96. The van der Waals surface area contributed by atoms with Gasteiger partial charge in [0.15, 0.2) is 0 Å². The number of hydrogen-bond acceptors (Lipinski definition) is 5. The SMILES string of the molecule is COc1cc(-c2ccn(C3CCC(N4CCN(C)CC4)CC3)n2)ccc1N. The van der Waals surface area contributed by atoms with Crippen LogP contribution in [0.25, 0.3) is 11.3 Å². The summed E-state index contributed by atoms with van der Waals surface area (Å²) in [7, 11) is 3.87. The lowest BCUT2D eigenvalue weighted by Gasteiger charge is -2.41. The lowest BCUT2D eigenvalue weighted by molar-refractivity contribution is 0.0811. The molecule has 1 aliphatic carbocycles. The van der Waals surface area contributed by atoms with Crippen LogP contribution in [0.3, 0.4) is 0 Å². The number of hydrogen-bond donors (Lipinski definition) is 1. The molecular weight excluding hydrogens is 338 g/mol. The summed E-state index contributed by atoms with van der Waals surface area (Å²) in [6, 6.07) is 9.22. The molecule has 0 bridgehead atoms. The fourth-order valence-corrected chi connectivity index (χ4v) is 4.44. The Morgan fingerprint density at radius 2 is 1.70 bits per heavy atom. The number of ether oxygens (including phenoxy) is 1. The highest BCUT2D eigenvalue weighted by atomic mass is 16.5. The van der Waals surface area contributed by atoms with Crippen molar-refractivity contribution in [1.29, 1.82) is 0 Å². The van der Waals surface area contributed by atoms with Crippen LogP contribution < -0.4 is 10.5 Å². The minimum Gasteiger partial charge on any atom is -0.495 e. The van der Waals surface area contributed by atoms with E-state index in [2.05, 4.69) is 33.8 Å². The summed E-state index contributed by atoms with van der Waals surface area (Å²) in [5, 5.41) is 4.86. The van der Waals surface area contributed by atoms with E-state index in [9.17, 15) is 0 Å². The van der Waals surface area contributed by atoms with Crippen molar-refractivity contribution in [2.75, 3.05) is 46.1 Å². The van der Waals surface area contributed by atoms with Crippen LogP contribution in [0.4, 0.5) is 5.69 Å². The van der Waals surface area contributed by atoms with Gasteiger partial charge < -0.3 is 15.4 Å². The number of anilines is 1. The Kier molecular flexibility index (Phi) is 5.36. The Balaban J connectivity index is 1.38. The highest BCUT2D eigenvalue weighted by Gasteiger charge is 2.28. The van der Waals surface area contributed by atoms with Gasteiger partial charge in [-0.3, -0.25) is 9.58 Å². The average Bonchev–Trinajstić information content (AvgIpc) is 3.19. The van der Waals surface area contributed by atoms with Crippen LogP contribution in [0.2, 0.25) is 0 Å². The quantitative estimate of drug-likeness (QED) is 0.840. The first kappa shape index (κ1) is 18.3. The Bertz CT molecular complexity index is 758. The molecule has 146 valence electrons. The second-order valence-electron chi connectivity index (χ2n) is 7.94. The first-order chi connectivity index (χ1) is 13.1. The number of piperazine rings is 1. The first-order valence-electron chi connectivity index (χ1n) is 10.1. The fourth-order valence-electron chi connectivity index (χ4n) is 4.44. The van der Waals surface area contributed by atoms with Gasteiger partial charge in [-0.25, -0.2) is 0 Å². The monoisotopic (exact) mass is 369 g/mol. The number of nitrogen functional groups attached to an aromatic ring is 1. The van der Waals surface area contributed by atoms with Crippen molar-refractivity contribution in [2.24, 2.45) is 0 Å². The van der Waals surface area contributed by atoms with Crippen molar-refractivity contribution >= 4 is 5.69 Å². The van der Waals surface area contributed by atoms with Gasteiger partial charge in [-0.2, -0.15) is 5.10 Å². The lowest BCUT2D eigenvalue weighted by Crippen LogP contribution is -2.49. The second-order valence-corrected chi connectivity index (χ2v) is 7.94. The van der Waals surface area contributed by atoms with E-state index in [1.165, 1.54) is 51.9 Å². The molecule has 2 aromatic rings. The number of methoxy groups -OCH3 is 1. The van der Waals surface area contributed by atoms with Crippen molar-refractivity contribution in [1.82, 2.24) is 19.6 Å². The summed E-state index contributed by atoms with van der Waals surface area (Å²) in [5.41, 5.74) is 8.61. The molecule has 1 aromatic heterocycles. The van der Waals surface area contributed by atoms with Gasteiger partial charge in [0.05, 0.1) is 24.5 Å². The standard InChI is InChI=1S/C21H31N5O/c1-24-11-13-25(14-12-24)17-4-6-18(7-5-17)26-10-9-20(23-26)16-3-8-19(22)21(15-16)27-2/h3,8-10,15,17-18H,4-7,11-14,22H2,1-2H3. The summed E-state index contributed by atoms with van der Waals surface area (Å²) in [6.45, 7) is 4.84. The molecule has 1 saturated carbocycles. The maximum atomic E-state index is 5.92. The number of benzene rings is 1. The Morgan fingerprint density at radius 3 is 2.41 bits per heavy atom. The Hall–Kier alpha value is -2.05. The first-order valence-corrected chi connectivity index (χ1v) is 10.1. The molecule has 0 atom stereocenters. The number of nitrogens with two attached hydrogens (primary N) is 1. The molecule has 1 saturated heterocycles. The molecule has 0 radical (unpaired) electrons. The topological polar surface area (TPSA) is 59.5 Å². The van der Waals surface area contributed by atoms with Gasteiger partial charge in [0.2, 0.25) is 0 Å². The molecule has 1 aromatic carbocycles. The zero-order chi connectivity index (χ0) is 18.8. The molecule has 6 heteroatoms. The maximum Gasteiger partial charge on any atom is 0.142 e. The summed E-state index contributed by atoms with van der Waals surface area (Å²) in [4.78, 5) is 5.13. The molecule has 2 aliphatic rings. The van der Waals surface area contributed by atoms with Crippen LogP contribution in [-0.2, 0) is 0 Å². The Morgan fingerprint density at radius 1 is 1.00 bits per heavy atom. The van der Waals surface area contributed by atoms with Crippen LogP contribution in [-0.4, -0.2) is 66.0 Å².